The summed E-state index contributed by atoms with van der Waals surface area (Å²) in [5.74, 6) is 2.42. The first-order chi connectivity index (χ1) is 21.8. The highest BCUT2D eigenvalue weighted by Crippen LogP contribution is 2.42. The third-order valence-corrected chi connectivity index (χ3v) is 9.74. The molecule has 0 atom stereocenters. The van der Waals surface area contributed by atoms with Crippen LogP contribution in [0.4, 0.5) is 16.3 Å². The fraction of sp³-hybridized carbons (Fsp3) is 0.543. The average molecular weight is 617 g/mol. The van der Waals surface area contributed by atoms with Gasteiger partial charge < -0.3 is 28.9 Å². The van der Waals surface area contributed by atoms with Crippen LogP contribution in [0, 0.1) is 26.2 Å². The summed E-state index contributed by atoms with van der Waals surface area (Å²) in [6.45, 7) is 11.4. The molecule has 10 nitrogen and oxygen atoms in total. The molecule has 2 saturated heterocycles. The second-order valence-electron chi connectivity index (χ2n) is 12.5. The number of piperidine rings is 2. The molecule has 1 spiro atoms. The van der Waals surface area contributed by atoms with Crippen LogP contribution in [0.15, 0.2) is 49.1 Å². The number of nitrogens with zero attached hydrogens (tertiary/aromatic N) is 6. The van der Waals surface area contributed by atoms with E-state index < -0.39 is 0 Å². The molecule has 1 aliphatic carbocycles. The maximum absolute atomic E-state index is 11.9. The van der Waals surface area contributed by atoms with E-state index in [1.807, 2.05) is 18.5 Å². The van der Waals surface area contributed by atoms with Crippen molar-refractivity contribution in [2.75, 3.05) is 63.4 Å². The van der Waals surface area contributed by atoms with Gasteiger partial charge in [0.1, 0.15) is 24.5 Å². The predicted octanol–water partition coefficient (Wildman–Crippen LogP) is 5.99. The van der Waals surface area contributed by atoms with Gasteiger partial charge in [-0.1, -0.05) is 0 Å². The quantitative estimate of drug-likeness (QED) is 0.303. The molecule has 6 rings (SSSR count). The lowest BCUT2D eigenvalue weighted by atomic mass is 9.71. The van der Waals surface area contributed by atoms with Crippen molar-refractivity contribution in [3.63, 3.8) is 0 Å². The third-order valence-electron chi connectivity index (χ3n) is 9.74. The Morgan fingerprint density at radius 3 is 2.11 bits per heavy atom. The van der Waals surface area contributed by atoms with Crippen molar-refractivity contribution in [3.8, 4) is 11.6 Å². The van der Waals surface area contributed by atoms with Crippen molar-refractivity contribution in [2.45, 2.75) is 65.3 Å². The van der Waals surface area contributed by atoms with E-state index >= 15 is 0 Å². The van der Waals surface area contributed by atoms with Crippen LogP contribution in [0.3, 0.4) is 0 Å². The number of anilines is 2. The molecule has 2 aliphatic heterocycles. The van der Waals surface area contributed by atoms with E-state index in [0.717, 1.165) is 50.6 Å². The summed E-state index contributed by atoms with van der Waals surface area (Å²) in [6.07, 6.45) is 11.9. The summed E-state index contributed by atoms with van der Waals surface area (Å²) in [5, 5.41) is 0. The number of ether oxygens (including phenoxy) is 3. The SMILES string of the molecule is COC(=O)N(CCOc1cc(N2CCC3(CCN(c4ccncc4)CC3)CC2)ncn1)C1CC1.COc1cc(C)c(C)c(C)c1. The Morgan fingerprint density at radius 1 is 0.911 bits per heavy atom. The van der Waals surface area contributed by atoms with Gasteiger partial charge in [0, 0.05) is 56.4 Å². The molecule has 3 aliphatic rings. The van der Waals surface area contributed by atoms with Gasteiger partial charge in [-0.25, -0.2) is 14.8 Å². The molecule has 2 aromatic heterocycles. The number of hydrogen-bond acceptors (Lipinski definition) is 9. The standard InChI is InChI=1S/C25H34N6O3.C10H14O/c1-33-24(32)31(21-2-3-21)16-17-34-23-18-22(27-19-28-23)30-14-8-25(9-15-30)6-12-29(13-7-25)20-4-10-26-11-5-20;1-7-5-10(11-4)6-8(2)9(7)3/h4-5,10-11,18-19,21H,2-3,6-9,12-17H2,1H3;5-6H,1-4H3. The zero-order valence-corrected chi connectivity index (χ0v) is 27.5. The number of aromatic nitrogens is 3. The van der Waals surface area contributed by atoms with E-state index in [-0.39, 0.29) is 12.1 Å². The van der Waals surface area contributed by atoms with Crippen LogP contribution in [0.2, 0.25) is 0 Å². The third kappa shape index (κ3) is 8.35. The number of amides is 1. The topological polar surface area (TPSA) is 93.2 Å². The van der Waals surface area contributed by atoms with Crippen molar-refractivity contribution >= 4 is 17.6 Å². The Labute approximate surface area is 267 Å². The molecule has 45 heavy (non-hydrogen) atoms. The van der Waals surface area contributed by atoms with E-state index in [2.05, 4.69) is 69.8 Å². The Balaban J connectivity index is 0.000000309. The second kappa shape index (κ2) is 14.8. The zero-order valence-electron chi connectivity index (χ0n) is 27.5. The lowest BCUT2D eigenvalue weighted by molar-refractivity contribution is 0.112. The van der Waals surface area contributed by atoms with Crippen LogP contribution in [0.5, 0.6) is 11.6 Å². The number of pyridine rings is 1. The van der Waals surface area contributed by atoms with Crippen molar-refractivity contribution in [3.05, 3.63) is 65.7 Å². The monoisotopic (exact) mass is 616 g/mol. The number of carbonyl (C=O) groups is 1. The minimum Gasteiger partial charge on any atom is -0.497 e. The molecule has 3 fully saturated rings. The van der Waals surface area contributed by atoms with Gasteiger partial charge in [0.2, 0.25) is 5.88 Å². The van der Waals surface area contributed by atoms with Crippen LogP contribution in [-0.4, -0.2) is 85.5 Å². The highest BCUT2D eigenvalue weighted by Gasteiger charge is 2.38. The first-order valence-electron chi connectivity index (χ1n) is 16.1. The van der Waals surface area contributed by atoms with Gasteiger partial charge in [-0.3, -0.25) is 4.98 Å². The number of benzene rings is 1. The molecule has 0 bridgehead atoms. The van der Waals surface area contributed by atoms with Crippen molar-refractivity contribution in [2.24, 2.45) is 5.41 Å². The highest BCUT2D eigenvalue weighted by molar-refractivity contribution is 5.68. The molecule has 242 valence electrons. The fourth-order valence-corrected chi connectivity index (χ4v) is 6.37. The minimum atomic E-state index is -0.289. The summed E-state index contributed by atoms with van der Waals surface area (Å²) in [7, 11) is 3.12. The van der Waals surface area contributed by atoms with E-state index in [4.69, 9.17) is 14.2 Å². The van der Waals surface area contributed by atoms with Gasteiger partial charge in [-0.05, 0) is 106 Å². The minimum absolute atomic E-state index is 0.286. The Morgan fingerprint density at radius 2 is 1.53 bits per heavy atom. The fourth-order valence-electron chi connectivity index (χ4n) is 6.37. The molecule has 0 unspecified atom stereocenters. The van der Waals surface area contributed by atoms with Crippen molar-refractivity contribution in [1.29, 1.82) is 0 Å². The summed E-state index contributed by atoms with van der Waals surface area (Å²) >= 11 is 0. The number of hydrogen-bond donors (Lipinski definition) is 0. The smallest absolute Gasteiger partial charge is 0.409 e. The van der Waals surface area contributed by atoms with Crippen LogP contribution >= 0.6 is 0 Å². The molecule has 0 radical (unpaired) electrons. The molecule has 1 aromatic carbocycles. The second-order valence-corrected chi connectivity index (χ2v) is 12.5. The average Bonchev–Trinajstić information content (AvgIpc) is 3.92. The maximum Gasteiger partial charge on any atom is 0.409 e. The van der Waals surface area contributed by atoms with Gasteiger partial charge in [-0.2, -0.15) is 0 Å². The number of methoxy groups -OCH3 is 2. The Kier molecular flexibility index (Phi) is 10.6. The van der Waals surface area contributed by atoms with E-state index in [0.29, 0.717) is 24.4 Å². The van der Waals surface area contributed by atoms with Crippen LogP contribution in [0.1, 0.15) is 55.2 Å². The van der Waals surface area contributed by atoms with Gasteiger partial charge in [-0.15, -0.1) is 0 Å². The van der Waals surface area contributed by atoms with Crippen LogP contribution in [0.25, 0.3) is 0 Å². The molecule has 3 aromatic rings. The largest absolute Gasteiger partial charge is 0.497 e. The van der Waals surface area contributed by atoms with E-state index in [1.54, 1.807) is 18.3 Å². The summed E-state index contributed by atoms with van der Waals surface area (Å²) in [4.78, 5) is 31.4. The maximum atomic E-state index is 11.9. The first kappa shape index (κ1) is 32.3. The summed E-state index contributed by atoms with van der Waals surface area (Å²) in [6, 6.07) is 10.5. The van der Waals surface area contributed by atoms with Crippen LogP contribution < -0.4 is 19.3 Å². The molecule has 4 heterocycles. The first-order valence-corrected chi connectivity index (χ1v) is 16.1. The van der Waals surface area contributed by atoms with E-state index in [9.17, 15) is 4.79 Å². The Hall–Kier alpha value is -4.08. The molecule has 0 N–H and O–H groups in total. The van der Waals surface area contributed by atoms with Gasteiger partial charge in [0.05, 0.1) is 20.8 Å². The molecule has 10 heteroatoms. The van der Waals surface area contributed by atoms with Crippen molar-refractivity contribution in [1.82, 2.24) is 19.9 Å². The lowest BCUT2D eigenvalue weighted by Crippen LogP contribution is -2.47. The lowest BCUT2D eigenvalue weighted by Gasteiger charge is -2.47. The van der Waals surface area contributed by atoms with E-state index in [1.165, 1.54) is 55.2 Å². The number of rotatable bonds is 8. The molecule has 1 amide bonds. The molecular weight excluding hydrogens is 568 g/mol. The van der Waals surface area contributed by atoms with Gasteiger partial charge in [0.25, 0.3) is 0 Å². The predicted molar refractivity (Wildman–Crippen MR) is 176 cm³/mol. The summed E-state index contributed by atoms with van der Waals surface area (Å²) in [5.41, 5.74) is 5.66. The highest BCUT2D eigenvalue weighted by atomic mass is 16.5. The summed E-state index contributed by atoms with van der Waals surface area (Å²) < 4.78 is 15.9. The number of carbonyl (C=O) groups excluding carboxylic acids is 1. The molecule has 1 saturated carbocycles. The zero-order chi connectivity index (χ0) is 31.8. The number of aryl methyl sites for hydroxylation is 2. The van der Waals surface area contributed by atoms with Crippen LogP contribution in [-0.2, 0) is 4.74 Å². The Bertz CT molecular complexity index is 1380. The van der Waals surface area contributed by atoms with Gasteiger partial charge >= 0.3 is 6.09 Å². The van der Waals surface area contributed by atoms with Gasteiger partial charge in [0.15, 0.2) is 0 Å². The normalized spacial score (nSPS) is 17.3. The van der Waals surface area contributed by atoms with Crippen molar-refractivity contribution < 1.29 is 19.0 Å². The molecular formula is C35H48N6O4.